The topological polar surface area (TPSA) is 89.0 Å². The van der Waals surface area contributed by atoms with Crippen molar-refractivity contribution < 1.29 is 4.79 Å². The van der Waals surface area contributed by atoms with Gasteiger partial charge in [0.2, 0.25) is 5.71 Å². The molecule has 0 radical (unpaired) electrons. The molecular formula is C16H9ClN4O. The number of nitriles is 2. The summed E-state index contributed by atoms with van der Waals surface area (Å²) >= 11 is 5.81. The zero-order valence-corrected chi connectivity index (χ0v) is 12.0. The van der Waals surface area contributed by atoms with Gasteiger partial charge in [0.1, 0.15) is 12.1 Å². The summed E-state index contributed by atoms with van der Waals surface area (Å²) in [5, 5.41) is 21.5. The van der Waals surface area contributed by atoms with Crippen molar-refractivity contribution >= 4 is 28.8 Å². The first-order chi connectivity index (χ1) is 10.7. The van der Waals surface area contributed by atoms with E-state index in [9.17, 15) is 4.79 Å². The summed E-state index contributed by atoms with van der Waals surface area (Å²) in [6.07, 6.45) is 0. The second-order valence-electron chi connectivity index (χ2n) is 4.18. The summed E-state index contributed by atoms with van der Waals surface area (Å²) in [5.74, 6) is -0.217. The molecule has 5 nitrogen and oxygen atoms in total. The maximum Gasteiger partial charge on any atom is 0.237 e. The average Bonchev–Trinajstić information content (AvgIpc) is 2.56. The Morgan fingerprint density at radius 2 is 1.68 bits per heavy atom. The summed E-state index contributed by atoms with van der Waals surface area (Å²) in [4.78, 5) is 12.5. The van der Waals surface area contributed by atoms with Gasteiger partial charge in [-0.3, -0.25) is 10.2 Å². The van der Waals surface area contributed by atoms with Crippen molar-refractivity contribution in [3.05, 3.63) is 64.7 Å². The lowest BCUT2D eigenvalue weighted by Crippen LogP contribution is -2.06. The van der Waals surface area contributed by atoms with E-state index in [-0.39, 0.29) is 11.5 Å². The average molecular weight is 309 g/mol. The van der Waals surface area contributed by atoms with E-state index >= 15 is 0 Å². The van der Waals surface area contributed by atoms with E-state index in [4.69, 9.17) is 22.1 Å². The maximum atomic E-state index is 12.5. The van der Waals surface area contributed by atoms with Gasteiger partial charge in [-0.2, -0.15) is 15.6 Å². The quantitative estimate of drug-likeness (QED) is 0.532. The summed E-state index contributed by atoms with van der Waals surface area (Å²) in [6.45, 7) is 0. The lowest BCUT2D eigenvalue weighted by atomic mass is 10.0. The molecule has 2 aromatic carbocycles. The number of hydrazone groups is 1. The Labute approximate surface area is 132 Å². The SMILES string of the molecule is N#CC(C#N)=NNc1ccccc1C(=O)c1ccc(Cl)cc1. The Kier molecular flexibility index (Phi) is 4.87. The summed E-state index contributed by atoms with van der Waals surface area (Å²) in [5.41, 5.74) is 3.51. The molecule has 2 rings (SSSR count). The molecule has 106 valence electrons. The van der Waals surface area contributed by atoms with Gasteiger partial charge < -0.3 is 0 Å². The zero-order chi connectivity index (χ0) is 15.9. The first-order valence-electron chi connectivity index (χ1n) is 6.19. The highest BCUT2D eigenvalue weighted by Gasteiger charge is 2.13. The zero-order valence-electron chi connectivity index (χ0n) is 11.2. The van der Waals surface area contributed by atoms with Gasteiger partial charge in [0, 0.05) is 16.1 Å². The second kappa shape index (κ2) is 7.03. The molecule has 0 atom stereocenters. The van der Waals surface area contributed by atoms with Crippen LogP contribution in [0.25, 0.3) is 0 Å². The highest BCUT2D eigenvalue weighted by molar-refractivity contribution is 6.30. The van der Waals surface area contributed by atoms with Crippen molar-refractivity contribution in [2.24, 2.45) is 5.10 Å². The fourth-order valence-electron chi connectivity index (χ4n) is 1.73. The maximum absolute atomic E-state index is 12.5. The number of carbonyl (C=O) groups is 1. The van der Waals surface area contributed by atoms with E-state index in [0.717, 1.165) is 0 Å². The number of hydrogen-bond acceptors (Lipinski definition) is 5. The molecule has 0 unspecified atom stereocenters. The van der Waals surface area contributed by atoms with Gasteiger partial charge in [-0.05, 0) is 36.4 Å². The molecule has 0 saturated carbocycles. The molecule has 0 fully saturated rings. The van der Waals surface area contributed by atoms with Gasteiger partial charge in [0.15, 0.2) is 5.78 Å². The van der Waals surface area contributed by atoms with Crippen LogP contribution in [0.4, 0.5) is 5.69 Å². The number of ketones is 1. The van der Waals surface area contributed by atoms with Crippen molar-refractivity contribution in [1.29, 1.82) is 10.5 Å². The Bertz CT molecular complexity index is 797. The van der Waals surface area contributed by atoms with E-state index in [0.29, 0.717) is 21.8 Å². The van der Waals surface area contributed by atoms with Crippen LogP contribution in [-0.4, -0.2) is 11.5 Å². The first kappa shape index (κ1) is 15.2. The van der Waals surface area contributed by atoms with Crippen molar-refractivity contribution in [1.82, 2.24) is 0 Å². The molecule has 22 heavy (non-hydrogen) atoms. The minimum absolute atomic E-state index is 0.217. The molecular weight excluding hydrogens is 300 g/mol. The molecule has 0 aliphatic carbocycles. The smallest absolute Gasteiger partial charge is 0.237 e. The number of nitrogens with one attached hydrogen (secondary N) is 1. The van der Waals surface area contributed by atoms with Crippen LogP contribution in [0.15, 0.2) is 53.6 Å². The monoisotopic (exact) mass is 308 g/mol. The van der Waals surface area contributed by atoms with Crippen molar-refractivity contribution in [3.8, 4) is 12.1 Å². The number of anilines is 1. The van der Waals surface area contributed by atoms with Crippen LogP contribution >= 0.6 is 11.6 Å². The minimum atomic E-state index is -0.325. The molecule has 0 amide bonds. The fraction of sp³-hybridized carbons (Fsp3) is 0. The lowest BCUT2D eigenvalue weighted by Gasteiger charge is -2.08. The Hall–Kier alpha value is -3.15. The standard InChI is InChI=1S/C16H9ClN4O/c17-12-7-5-11(6-8-12)16(22)14-3-1-2-4-15(14)21-20-13(9-18)10-19/h1-8,21H. The first-order valence-corrected chi connectivity index (χ1v) is 6.56. The van der Waals surface area contributed by atoms with E-state index in [2.05, 4.69) is 10.5 Å². The van der Waals surface area contributed by atoms with Gasteiger partial charge in [0.05, 0.1) is 5.69 Å². The molecule has 1 N–H and O–H groups in total. The van der Waals surface area contributed by atoms with Crippen molar-refractivity contribution in [3.63, 3.8) is 0 Å². The number of carbonyl (C=O) groups excluding carboxylic acids is 1. The Balaban J connectivity index is 2.35. The van der Waals surface area contributed by atoms with Crippen LogP contribution in [0, 0.1) is 22.7 Å². The van der Waals surface area contributed by atoms with Gasteiger partial charge in [0.25, 0.3) is 0 Å². The van der Waals surface area contributed by atoms with Gasteiger partial charge in [-0.15, -0.1) is 0 Å². The number of nitrogens with zero attached hydrogens (tertiary/aromatic N) is 3. The predicted octanol–water partition coefficient (Wildman–Crippen LogP) is 3.39. The van der Waals surface area contributed by atoms with Gasteiger partial charge >= 0.3 is 0 Å². The van der Waals surface area contributed by atoms with Crippen LogP contribution in [0.5, 0.6) is 0 Å². The Morgan fingerprint density at radius 1 is 1.05 bits per heavy atom. The van der Waals surface area contributed by atoms with Crippen LogP contribution in [0.1, 0.15) is 15.9 Å². The van der Waals surface area contributed by atoms with Crippen LogP contribution < -0.4 is 5.43 Å². The molecule has 0 heterocycles. The lowest BCUT2D eigenvalue weighted by molar-refractivity contribution is 0.103. The highest BCUT2D eigenvalue weighted by atomic mass is 35.5. The van der Waals surface area contributed by atoms with E-state index in [1.807, 2.05) is 0 Å². The molecule has 0 spiro atoms. The third-order valence-electron chi connectivity index (χ3n) is 2.78. The van der Waals surface area contributed by atoms with Gasteiger partial charge in [-0.1, -0.05) is 23.7 Å². The van der Waals surface area contributed by atoms with E-state index in [1.54, 1.807) is 60.7 Å². The number of benzene rings is 2. The Morgan fingerprint density at radius 3 is 2.32 bits per heavy atom. The van der Waals surface area contributed by atoms with Crippen molar-refractivity contribution in [2.75, 3.05) is 5.43 Å². The van der Waals surface area contributed by atoms with Crippen LogP contribution in [-0.2, 0) is 0 Å². The number of para-hydroxylation sites is 1. The van der Waals surface area contributed by atoms with Crippen LogP contribution in [0.3, 0.4) is 0 Å². The molecule has 0 saturated heterocycles. The summed E-state index contributed by atoms with van der Waals surface area (Å²) < 4.78 is 0. The molecule has 0 aromatic heterocycles. The molecule has 0 bridgehead atoms. The fourth-order valence-corrected chi connectivity index (χ4v) is 1.85. The number of hydrogen-bond donors (Lipinski definition) is 1. The largest absolute Gasteiger partial charge is 0.289 e. The molecule has 2 aromatic rings. The van der Waals surface area contributed by atoms with E-state index < -0.39 is 0 Å². The predicted molar refractivity (Wildman–Crippen MR) is 83.6 cm³/mol. The molecule has 0 aliphatic heterocycles. The van der Waals surface area contributed by atoms with Crippen LogP contribution in [0.2, 0.25) is 5.02 Å². The number of rotatable bonds is 4. The minimum Gasteiger partial charge on any atom is -0.289 e. The normalized spacial score (nSPS) is 9.23. The highest BCUT2D eigenvalue weighted by Crippen LogP contribution is 2.20. The van der Waals surface area contributed by atoms with Crippen molar-refractivity contribution in [2.45, 2.75) is 0 Å². The van der Waals surface area contributed by atoms with E-state index in [1.165, 1.54) is 0 Å². The summed E-state index contributed by atoms with van der Waals surface area (Å²) in [7, 11) is 0. The number of halogens is 1. The molecule has 0 aliphatic rings. The second-order valence-corrected chi connectivity index (χ2v) is 4.61. The third kappa shape index (κ3) is 3.49. The van der Waals surface area contributed by atoms with Gasteiger partial charge in [-0.25, -0.2) is 0 Å². The molecule has 6 heteroatoms. The third-order valence-corrected chi connectivity index (χ3v) is 3.03. The summed E-state index contributed by atoms with van der Waals surface area (Å²) in [6, 6.07) is 16.5.